The fraction of sp³-hybridized carbons (Fsp3) is 0.889. The lowest BCUT2D eigenvalue weighted by molar-refractivity contribution is 0.316. The summed E-state index contributed by atoms with van der Waals surface area (Å²) < 4.78 is 0. The van der Waals surface area contributed by atoms with Crippen molar-refractivity contribution in [2.24, 2.45) is 16.8 Å². The number of nitrogens with zero attached hydrogens (tertiary/aromatic N) is 1. The van der Waals surface area contributed by atoms with E-state index in [0.717, 1.165) is 13.0 Å². The fourth-order valence-electron chi connectivity index (χ4n) is 1.03. The van der Waals surface area contributed by atoms with Gasteiger partial charge in [0.2, 0.25) is 0 Å². The van der Waals surface area contributed by atoms with Crippen LogP contribution in [0.2, 0.25) is 0 Å². The van der Waals surface area contributed by atoms with E-state index in [1.165, 1.54) is 0 Å². The first kappa shape index (κ1) is 12.2. The van der Waals surface area contributed by atoms with Gasteiger partial charge in [-0.2, -0.15) is 0 Å². The first-order chi connectivity index (χ1) is 6.11. The third-order valence-electron chi connectivity index (χ3n) is 2.47. The van der Waals surface area contributed by atoms with Crippen molar-refractivity contribution in [3.8, 4) is 0 Å². The first-order valence-corrected chi connectivity index (χ1v) is 4.81. The van der Waals surface area contributed by atoms with Crippen molar-refractivity contribution in [3.05, 3.63) is 0 Å². The van der Waals surface area contributed by atoms with Crippen molar-refractivity contribution in [2.45, 2.75) is 39.7 Å². The number of nitrogens with one attached hydrogen (secondary N) is 1. The molecular weight excluding hydrogens is 166 g/mol. The van der Waals surface area contributed by atoms with Crippen LogP contribution < -0.4 is 11.1 Å². The van der Waals surface area contributed by atoms with Gasteiger partial charge < -0.3 is 16.3 Å². The van der Waals surface area contributed by atoms with Gasteiger partial charge >= 0.3 is 0 Å². The van der Waals surface area contributed by atoms with E-state index in [9.17, 15) is 0 Å². The molecule has 0 amide bonds. The molecular formula is C9H21N3O. The molecule has 4 nitrogen and oxygen atoms in total. The maximum atomic E-state index is 8.29. The Hall–Kier alpha value is -0.770. The number of hydrogen-bond acceptors (Lipinski definition) is 3. The number of oxime groups is 1. The van der Waals surface area contributed by atoms with Gasteiger partial charge in [-0.1, -0.05) is 25.4 Å². The Morgan fingerprint density at radius 2 is 2.15 bits per heavy atom. The van der Waals surface area contributed by atoms with Crippen molar-refractivity contribution < 1.29 is 5.21 Å². The zero-order valence-corrected chi connectivity index (χ0v) is 8.75. The van der Waals surface area contributed by atoms with Gasteiger partial charge in [0, 0.05) is 19.0 Å². The summed E-state index contributed by atoms with van der Waals surface area (Å²) in [7, 11) is 0. The van der Waals surface area contributed by atoms with Gasteiger partial charge in [0.1, 0.15) is 5.84 Å². The molecule has 0 aliphatic rings. The normalized spacial score (nSPS) is 17.0. The van der Waals surface area contributed by atoms with Crippen LogP contribution in [0.4, 0.5) is 0 Å². The summed E-state index contributed by atoms with van der Waals surface area (Å²) in [5, 5.41) is 14.5. The maximum absolute atomic E-state index is 8.29. The Kier molecular flexibility index (Phi) is 6.32. The molecule has 0 aromatic rings. The SMILES string of the molecule is CCC(C)C(C)NCCC(N)=NO. The molecule has 4 heteroatoms. The average molecular weight is 187 g/mol. The summed E-state index contributed by atoms with van der Waals surface area (Å²) in [6.07, 6.45) is 1.76. The monoisotopic (exact) mass is 187 g/mol. The lowest BCUT2D eigenvalue weighted by atomic mass is 10.0. The topological polar surface area (TPSA) is 70.6 Å². The smallest absolute Gasteiger partial charge is 0.140 e. The average Bonchev–Trinajstić information content (AvgIpc) is 2.15. The van der Waals surface area contributed by atoms with Crippen molar-refractivity contribution >= 4 is 5.84 Å². The van der Waals surface area contributed by atoms with Crippen LogP contribution in [0.1, 0.15) is 33.6 Å². The highest BCUT2D eigenvalue weighted by Gasteiger charge is 2.08. The molecule has 0 aromatic heterocycles. The van der Waals surface area contributed by atoms with Crippen LogP contribution in [0, 0.1) is 5.92 Å². The predicted octanol–water partition coefficient (Wildman–Crippen LogP) is 1.15. The molecule has 0 radical (unpaired) electrons. The minimum absolute atomic E-state index is 0.281. The van der Waals surface area contributed by atoms with E-state index in [-0.39, 0.29) is 5.84 Å². The zero-order valence-electron chi connectivity index (χ0n) is 8.75. The van der Waals surface area contributed by atoms with Gasteiger partial charge in [-0.15, -0.1) is 0 Å². The van der Waals surface area contributed by atoms with Crippen LogP contribution in [-0.2, 0) is 0 Å². The van der Waals surface area contributed by atoms with E-state index >= 15 is 0 Å². The van der Waals surface area contributed by atoms with Gasteiger partial charge in [-0.25, -0.2) is 0 Å². The largest absolute Gasteiger partial charge is 0.409 e. The number of amidine groups is 1. The van der Waals surface area contributed by atoms with Gasteiger partial charge in [-0.05, 0) is 12.8 Å². The molecule has 0 saturated carbocycles. The second kappa shape index (κ2) is 6.71. The van der Waals surface area contributed by atoms with Crippen LogP contribution >= 0.6 is 0 Å². The highest BCUT2D eigenvalue weighted by molar-refractivity contribution is 5.79. The van der Waals surface area contributed by atoms with Crippen LogP contribution in [0.15, 0.2) is 5.16 Å². The molecule has 0 bridgehead atoms. The van der Waals surface area contributed by atoms with Crippen LogP contribution in [0.5, 0.6) is 0 Å². The standard InChI is InChI=1S/C9H21N3O/c1-4-7(2)8(3)11-6-5-9(10)12-13/h7-8,11,13H,4-6H2,1-3H3,(H2,10,12). The van der Waals surface area contributed by atoms with Crippen LogP contribution in [0.3, 0.4) is 0 Å². The summed E-state index contributed by atoms with van der Waals surface area (Å²) in [5.74, 6) is 0.941. The minimum Gasteiger partial charge on any atom is -0.409 e. The molecule has 0 heterocycles. The van der Waals surface area contributed by atoms with Gasteiger partial charge in [0.15, 0.2) is 0 Å². The van der Waals surface area contributed by atoms with E-state index < -0.39 is 0 Å². The van der Waals surface area contributed by atoms with Crippen molar-refractivity contribution in [1.82, 2.24) is 5.32 Å². The summed E-state index contributed by atoms with van der Waals surface area (Å²) >= 11 is 0. The molecule has 0 saturated heterocycles. The molecule has 0 fully saturated rings. The second-order valence-electron chi connectivity index (χ2n) is 3.47. The van der Waals surface area contributed by atoms with E-state index in [1.54, 1.807) is 0 Å². The lowest BCUT2D eigenvalue weighted by Gasteiger charge is -2.19. The Bertz CT molecular complexity index is 159. The number of hydrogen-bond donors (Lipinski definition) is 3. The summed E-state index contributed by atoms with van der Waals surface area (Å²) in [4.78, 5) is 0. The maximum Gasteiger partial charge on any atom is 0.140 e. The Morgan fingerprint density at radius 1 is 1.54 bits per heavy atom. The minimum atomic E-state index is 0.281. The van der Waals surface area contributed by atoms with Crippen molar-refractivity contribution in [2.75, 3.05) is 6.54 Å². The highest BCUT2D eigenvalue weighted by atomic mass is 16.4. The molecule has 0 rings (SSSR count). The van der Waals surface area contributed by atoms with Crippen LogP contribution in [0.25, 0.3) is 0 Å². The third-order valence-corrected chi connectivity index (χ3v) is 2.47. The Morgan fingerprint density at radius 3 is 2.62 bits per heavy atom. The summed E-state index contributed by atoms with van der Waals surface area (Å²) in [6.45, 7) is 7.30. The molecule has 0 spiro atoms. The molecule has 78 valence electrons. The fourth-order valence-corrected chi connectivity index (χ4v) is 1.03. The summed E-state index contributed by atoms with van der Waals surface area (Å²) in [5.41, 5.74) is 5.33. The Labute approximate surface area is 80.2 Å². The molecule has 13 heavy (non-hydrogen) atoms. The number of nitrogens with two attached hydrogens (primary N) is 1. The lowest BCUT2D eigenvalue weighted by Crippen LogP contribution is -2.34. The van der Waals surface area contributed by atoms with Gasteiger partial charge in [-0.3, -0.25) is 0 Å². The zero-order chi connectivity index (χ0) is 10.3. The molecule has 0 aliphatic heterocycles. The van der Waals surface area contributed by atoms with Crippen LogP contribution in [-0.4, -0.2) is 23.6 Å². The van der Waals surface area contributed by atoms with E-state index in [0.29, 0.717) is 18.4 Å². The quantitative estimate of drug-likeness (QED) is 0.253. The predicted molar refractivity (Wildman–Crippen MR) is 54.9 cm³/mol. The van der Waals surface area contributed by atoms with Gasteiger partial charge in [0.25, 0.3) is 0 Å². The molecule has 4 N–H and O–H groups in total. The van der Waals surface area contributed by atoms with E-state index in [4.69, 9.17) is 10.9 Å². The molecule has 0 aromatic carbocycles. The molecule has 2 unspecified atom stereocenters. The summed E-state index contributed by atoms with van der Waals surface area (Å²) in [6, 6.07) is 0.483. The molecule has 0 aliphatic carbocycles. The second-order valence-corrected chi connectivity index (χ2v) is 3.47. The third kappa shape index (κ3) is 5.47. The Balaban J connectivity index is 3.53. The molecule has 2 atom stereocenters. The number of rotatable bonds is 6. The first-order valence-electron chi connectivity index (χ1n) is 4.81. The van der Waals surface area contributed by atoms with Crippen molar-refractivity contribution in [1.29, 1.82) is 0 Å². The van der Waals surface area contributed by atoms with E-state index in [2.05, 4.69) is 31.2 Å². The highest BCUT2D eigenvalue weighted by Crippen LogP contribution is 2.05. The van der Waals surface area contributed by atoms with E-state index in [1.807, 2.05) is 0 Å². The van der Waals surface area contributed by atoms with Gasteiger partial charge in [0.05, 0.1) is 0 Å². The van der Waals surface area contributed by atoms with Crippen molar-refractivity contribution in [3.63, 3.8) is 0 Å².